The van der Waals surface area contributed by atoms with Crippen molar-refractivity contribution in [3.05, 3.63) is 13.8 Å². The van der Waals surface area contributed by atoms with Gasteiger partial charge in [0.05, 0.1) is 0 Å². The van der Waals surface area contributed by atoms with Gasteiger partial charge in [-0.2, -0.15) is 0 Å². The molecule has 0 bridgehead atoms. The average molecular weight is 273 g/mol. The minimum Gasteiger partial charge on any atom is -0.428 e. The summed E-state index contributed by atoms with van der Waals surface area (Å²) in [4.78, 5) is 0. The molecule has 0 saturated heterocycles. The van der Waals surface area contributed by atoms with Gasteiger partial charge in [-0.15, -0.1) is 6.54 Å². The predicted octanol–water partition coefficient (Wildman–Crippen LogP) is -0.411. The predicted molar refractivity (Wildman–Crippen MR) is 26.9 cm³/mol. The van der Waals surface area contributed by atoms with Gasteiger partial charge >= 0.3 is 21.1 Å². The summed E-state index contributed by atoms with van der Waals surface area (Å²) in [7, 11) is 0. The maximum absolute atomic E-state index is 7.46. The Labute approximate surface area is 59.4 Å². The number of aliphatic hydroxyl groups excluding tert-OH is 1. The second-order valence-corrected chi connectivity index (χ2v) is 0.512. The third-order valence-electron chi connectivity index (χ3n) is 0. The third-order valence-corrected chi connectivity index (χ3v) is 0. The molecule has 0 aromatic heterocycles. The Morgan fingerprint density at radius 2 is 1.43 bits per heavy atom. The molecule has 0 atom stereocenters. The first-order valence-corrected chi connectivity index (χ1v) is 1.72. The first-order valence-electron chi connectivity index (χ1n) is 1.72. The summed E-state index contributed by atoms with van der Waals surface area (Å²) in [5, 5.41) is 7.46. The van der Waals surface area contributed by atoms with Gasteiger partial charge in [0.25, 0.3) is 0 Å². The SMILES string of the molecule is [CH2-]CN.[CH2-]CO.[W+2]. The van der Waals surface area contributed by atoms with Crippen LogP contribution in [0.4, 0.5) is 0 Å². The molecule has 0 spiro atoms. The molecule has 44 valence electrons. The molecule has 0 unspecified atom stereocenters. The van der Waals surface area contributed by atoms with Gasteiger partial charge < -0.3 is 24.7 Å². The van der Waals surface area contributed by atoms with Crippen LogP contribution in [-0.2, 0) is 21.1 Å². The second kappa shape index (κ2) is 30.6. The van der Waals surface area contributed by atoms with Gasteiger partial charge in [-0.1, -0.05) is 6.61 Å². The molecule has 0 aliphatic carbocycles. The third kappa shape index (κ3) is 379. The van der Waals surface area contributed by atoms with Gasteiger partial charge in [-0.3, -0.25) is 0 Å². The summed E-state index contributed by atoms with van der Waals surface area (Å²) in [6.07, 6.45) is 0. The van der Waals surface area contributed by atoms with Crippen LogP contribution in [0.25, 0.3) is 0 Å². The Morgan fingerprint density at radius 3 is 1.43 bits per heavy atom. The summed E-state index contributed by atoms with van der Waals surface area (Å²) in [6.45, 7) is 6.81. The zero-order valence-electron chi connectivity index (χ0n) is 4.26. The molecule has 0 fully saturated rings. The minimum absolute atomic E-state index is 0. The Morgan fingerprint density at radius 1 is 1.43 bits per heavy atom. The Balaban J connectivity index is -0.0000000400. The molecule has 0 aliphatic rings. The van der Waals surface area contributed by atoms with E-state index in [0.29, 0.717) is 6.54 Å². The molecule has 2 nitrogen and oxygen atoms in total. The van der Waals surface area contributed by atoms with Crippen molar-refractivity contribution in [1.29, 1.82) is 0 Å². The fourth-order valence-electron chi connectivity index (χ4n) is 0. The summed E-state index contributed by atoms with van der Waals surface area (Å²) < 4.78 is 0. The second-order valence-electron chi connectivity index (χ2n) is 0.512. The number of aliphatic hydroxyl groups is 1. The molecule has 0 amide bonds. The van der Waals surface area contributed by atoms with E-state index in [4.69, 9.17) is 10.8 Å². The minimum atomic E-state index is 0. The van der Waals surface area contributed by atoms with Crippen molar-refractivity contribution in [2.24, 2.45) is 5.73 Å². The number of hydrogen-bond donors (Lipinski definition) is 2. The largest absolute Gasteiger partial charge is 2.00 e. The van der Waals surface area contributed by atoms with Crippen LogP contribution in [0.5, 0.6) is 0 Å². The van der Waals surface area contributed by atoms with Crippen molar-refractivity contribution in [2.75, 3.05) is 13.2 Å². The summed E-state index contributed by atoms with van der Waals surface area (Å²) in [6, 6.07) is 0. The van der Waals surface area contributed by atoms with Crippen molar-refractivity contribution >= 4 is 0 Å². The van der Waals surface area contributed by atoms with Crippen LogP contribution < -0.4 is 5.73 Å². The van der Waals surface area contributed by atoms with Crippen LogP contribution in [0.3, 0.4) is 0 Å². The fraction of sp³-hybridized carbons (Fsp3) is 0.500. The Kier molecular flexibility index (Phi) is 68.3. The Hall–Kier alpha value is 0.608. The molecule has 3 N–H and O–H groups in total. The molecular formula is C4H11NOW. The number of hydrogen-bond acceptors (Lipinski definition) is 2. The normalized spacial score (nSPS) is 5.14. The van der Waals surface area contributed by atoms with E-state index in [1.807, 2.05) is 0 Å². The number of nitrogens with two attached hydrogens (primary N) is 1. The van der Waals surface area contributed by atoms with Crippen LogP contribution in [0, 0.1) is 13.8 Å². The van der Waals surface area contributed by atoms with Crippen molar-refractivity contribution in [2.45, 2.75) is 0 Å². The average Bonchev–Trinajstić information content (AvgIpc) is 1.39. The van der Waals surface area contributed by atoms with Gasteiger partial charge in [0.2, 0.25) is 0 Å². The molecule has 0 aromatic rings. The van der Waals surface area contributed by atoms with E-state index in [2.05, 4.69) is 13.8 Å². The first kappa shape index (κ1) is 15.6. The van der Waals surface area contributed by atoms with Crippen LogP contribution >= 0.6 is 0 Å². The summed E-state index contributed by atoms with van der Waals surface area (Å²) >= 11 is 0. The monoisotopic (exact) mass is 273 g/mol. The maximum Gasteiger partial charge on any atom is 2.00 e. The van der Waals surface area contributed by atoms with E-state index < -0.39 is 0 Å². The molecular weight excluding hydrogens is 262 g/mol. The molecule has 0 aromatic carbocycles. The van der Waals surface area contributed by atoms with Crippen molar-refractivity contribution in [1.82, 2.24) is 0 Å². The number of rotatable bonds is 0. The first-order chi connectivity index (χ1) is 2.83. The van der Waals surface area contributed by atoms with Gasteiger partial charge in [0, 0.05) is 0 Å². The molecule has 7 heavy (non-hydrogen) atoms. The van der Waals surface area contributed by atoms with Crippen LogP contribution in [0.1, 0.15) is 0 Å². The van der Waals surface area contributed by atoms with Crippen LogP contribution in [0.2, 0.25) is 0 Å². The van der Waals surface area contributed by atoms with Crippen LogP contribution in [0.15, 0.2) is 0 Å². The zero-order chi connectivity index (χ0) is 5.41. The molecule has 0 saturated carbocycles. The van der Waals surface area contributed by atoms with E-state index in [9.17, 15) is 0 Å². The Bertz CT molecular complexity index is 13.7. The molecule has 0 heterocycles. The smallest absolute Gasteiger partial charge is 0.428 e. The van der Waals surface area contributed by atoms with E-state index in [-0.39, 0.29) is 27.7 Å². The maximum atomic E-state index is 7.46. The van der Waals surface area contributed by atoms with Crippen molar-refractivity contribution < 1.29 is 26.2 Å². The van der Waals surface area contributed by atoms with E-state index in [0.717, 1.165) is 0 Å². The zero-order valence-corrected chi connectivity index (χ0v) is 7.19. The van der Waals surface area contributed by atoms with Crippen molar-refractivity contribution in [3.8, 4) is 0 Å². The van der Waals surface area contributed by atoms with E-state index in [1.54, 1.807) is 0 Å². The van der Waals surface area contributed by atoms with Gasteiger partial charge in [-0.25, -0.2) is 0 Å². The summed E-state index contributed by atoms with van der Waals surface area (Å²) in [5.41, 5.74) is 4.74. The van der Waals surface area contributed by atoms with E-state index >= 15 is 0 Å². The van der Waals surface area contributed by atoms with Crippen molar-refractivity contribution in [3.63, 3.8) is 0 Å². The standard InChI is InChI=1S/C2H6N.C2H5O.W/c2*1-2-3;/h1-3H2;3H,1-2H2;/q2*-1;+2. The topological polar surface area (TPSA) is 46.2 Å². The van der Waals surface area contributed by atoms with Crippen LogP contribution in [-0.4, -0.2) is 18.3 Å². The quantitative estimate of drug-likeness (QED) is 0.589. The van der Waals surface area contributed by atoms with E-state index in [1.165, 1.54) is 0 Å². The fourth-order valence-corrected chi connectivity index (χ4v) is 0. The van der Waals surface area contributed by atoms with Gasteiger partial charge in [0.15, 0.2) is 0 Å². The molecule has 0 aliphatic heterocycles. The summed E-state index contributed by atoms with van der Waals surface area (Å²) in [5.74, 6) is 0. The van der Waals surface area contributed by atoms with Gasteiger partial charge in [-0.05, 0) is 0 Å². The molecule has 0 rings (SSSR count). The van der Waals surface area contributed by atoms with Gasteiger partial charge in [0.1, 0.15) is 0 Å². The molecule has 0 radical (unpaired) electrons. The molecule has 3 heteroatoms.